The highest BCUT2D eigenvalue weighted by Crippen LogP contribution is 2.41. The van der Waals surface area contributed by atoms with Gasteiger partial charge in [-0.15, -0.1) is 0 Å². The number of benzene rings is 3. The van der Waals surface area contributed by atoms with Crippen LogP contribution in [0.1, 0.15) is 15.9 Å². The van der Waals surface area contributed by atoms with E-state index in [9.17, 15) is 19.1 Å². The molecule has 0 saturated heterocycles. The van der Waals surface area contributed by atoms with Gasteiger partial charge < -0.3 is 4.90 Å². The van der Waals surface area contributed by atoms with Gasteiger partial charge in [-0.3, -0.25) is 14.9 Å². The van der Waals surface area contributed by atoms with E-state index < -0.39 is 15.7 Å². The lowest BCUT2D eigenvalue weighted by molar-refractivity contribution is -0.384. The number of anilines is 2. The van der Waals surface area contributed by atoms with Crippen molar-refractivity contribution in [1.82, 2.24) is 0 Å². The Balaban J connectivity index is 1.63. The monoisotopic (exact) mass is 404 g/mol. The molecule has 0 radical (unpaired) electrons. The Morgan fingerprint density at radius 1 is 1.00 bits per heavy atom. The maximum atomic E-state index is 13.0. The first kappa shape index (κ1) is 18.8. The van der Waals surface area contributed by atoms with Crippen molar-refractivity contribution in [1.29, 1.82) is 0 Å². The zero-order valence-electron chi connectivity index (χ0n) is 15.4. The summed E-state index contributed by atoms with van der Waals surface area (Å²) in [5.74, 6) is -0.338. The van der Waals surface area contributed by atoms with Crippen LogP contribution in [0.2, 0.25) is 0 Å². The normalized spacial score (nSPS) is 15.1. The highest BCUT2D eigenvalue weighted by atomic mass is 32.2. The van der Waals surface area contributed by atoms with Crippen LogP contribution >= 0.6 is 0 Å². The molecule has 7 heteroatoms. The van der Waals surface area contributed by atoms with Crippen molar-refractivity contribution in [2.75, 3.05) is 11.9 Å². The molecule has 1 aliphatic rings. The molecule has 1 unspecified atom stereocenters. The van der Waals surface area contributed by atoms with Crippen LogP contribution in [0, 0.1) is 10.1 Å². The number of nitro benzene ring substituents is 1. The first-order valence-corrected chi connectivity index (χ1v) is 9.96. The van der Waals surface area contributed by atoms with Gasteiger partial charge in [0.15, 0.2) is 5.78 Å². The van der Waals surface area contributed by atoms with Crippen LogP contribution in [0.5, 0.6) is 0 Å². The lowest BCUT2D eigenvalue weighted by Crippen LogP contribution is -2.19. The molecule has 144 valence electrons. The quantitative estimate of drug-likeness (QED) is 0.272. The van der Waals surface area contributed by atoms with E-state index in [0.29, 0.717) is 4.90 Å². The Labute approximate surface area is 169 Å². The number of nitrogens with zero attached hydrogens (tertiary/aromatic N) is 2. The van der Waals surface area contributed by atoms with Crippen LogP contribution in [-0.2, 0) is 10.8 Å². The fourth-order valence-electron chi connectivity index (χ4n) is 3.24. The third kappa shape index (κ3) is 3.48. The molecule has 0 saturated carbocycles. The van der Waals surface area contributed by atoms with Gasteiger partial charge in [0.05, 0.1) is 36.9 Å². The van der Waals surface area contributed by atoms with E-state index in [1.54, 1.807) is 12.1 Å². The molecule has 0 fully saturated rings. The molecule has 0 amide bonds. The number of carbonyl (C=O) groups is 1. The van der Waals surface area contributed by atoms with Crippen LogP contribution in [-0.4, -0.2) is 22.0 Å². The summed E-state index contributed by atoms with van der Waals surface area (Å²) in [5.41, 5.74) is 2.59. The van der Waals surface area contributed by atoms with Gasteiger partial charge in [-0.1, -0.05) is 36.4 Å². The van der Waals surface area contributed by atoms with E-state index in [4.69, 9.17) is 0 Å². The van der Waals surface area contributed by atoms with E-state index >= 15 is 0 Å². The summed E-state index contributed by atoms with van der Waals surface area (Å²) in [5, 5.41) is 10.9. The van der Waals surface area contributed by atoms with Gasteiger partial charge in [0.1, 0.15) is 0 Å². The Bertz CT molecular complexity index is 1200. The van der Waals surface area contributed by atoms with Gasteiger partial charge in [-0.05, 0) is 35.9 Å². The summed E-state index contributed by atoms with van der Waals surface area (Å²) in [4.78, 5) is 26.1. The van der Waals surface area contributed by atoms with Crippen molar-refractivity contribution in [2.45, 2.75) is 9.79 Å². The molecule has 1 aliphatic heterocycles. The first-order chi connectivity index (χ1) is 14.0. The predicted octanol–water partition coefficient (Wildman–Crippen LogP) is 4.74. The molecular weight excluding hydrogens is 388 g/mol. The fourth-order valence-corrected chi connectivity index (χ4v) is 4.71. The Hall–Kier alpha value is -3.58. The number of non-ortho nitro benzene ring substituents is 1. The zero-order valence-corrected chi connectivity index (χ0v) is 16.3. The van der Waals surface area contributed by atoms with Crippen molar-refractivity contribution in [3.63, 3.8) is 0 Å². The number of fused-ring (bicyclic) bond motifs is 2. The molecule has 0 bridgehead atoms. The second-order valence-electron chi connectivity index (χ2n) is 6.53. The maximum Gasteiger partial charge on any atom is 0.270 e. The average Bonchev–Trinajstić information content (AvgIpc) is 2.75. The maximum absolute atomic E-state index is 13.0. The molecule has 3 aromatic carbocycles. The number of para-hydroxylation sites is 1. The van der Waals surface area contributed by atoms with Crippen LogP contribution in [0.3, 0.4) is 0 Å². The number of allylic oxidation sites excluding steroid dienone is 1. The van der Waals surface area contributed by atoms with Crippen molar-refractivity contribution in [3.8, 4) is 0 Å². The smallest absolute Gasteiger partial charge is 0.270 e. The average molecular weight is 404 g/mol. The largest absolute Gasteiger partial charge is 0.343 e. The lowest BCUT2D eigenvalue weighted by Gasteiger charge is -2.29. The minimum Gasteiger partial charge on any atom is -0.343 e. The summed E-state index contributed by atoms with van der Waals surface area (Å²) >= 11 is 0. The topological polar surface area (TPSA) is 80.5 Å². The van der Waals surface area contributed by atoms with Crippen molar-refractivity contribution in [2.24, 2.45) is 0 Å². The predicted molar refractivity (Wildman–Crippen MR) is 112 cm³/mol. The third-order valence-electron chi connectivity index (χ3n) is 4.74. The molecule has 6 nitrogen and oxygen atoms in total. The van der Waals surface area contributed by atoms with E-state index in [1.807, 2.05) is 48.3 Å². The van der Waals surface area contributed by atoms with E-state index in [2.05, 4.69) is 0 Å². The van der Waals surface area contributed by atoms with Gasteiger partial charge >= 0.3 is 0 Å². The number of nitro groups is 1. The summed E-state index contributed by atoms with van der Waals surface area (Å²) in [6.07, 6.45) is 2.99. The first-order valence-electron chi connectivity index (χ1n) is 8.81. The van der Waals surface area contributed by atoms with Gasteiger partial charge in [0.25, 0.3) is 5.69 Å². The Morgan fingerprint density at radius 2 is 1.76 bits per heavy atom. The molecule has 1 heterocycles. The van der Waals surface area contributed by atoms with E-state index in [1.165, 1.54) is 30.3 Å². The molecule has 0 aliphatic carbocycles. The lowest BCUT2D eigenvalue weighted by atomic mass is 10.1. The van der Waals surface area contributed by atoms with E-state index in [0.717, 1.165) is 21.8 Å². The summed E-state index contributed by atoms with van der Waals surface area (Å²) < 4.78 is 13.0. The molecule has 29 heavy (non-hydrogen) atoms. The van der Waals surface area contributed by atoms with Crippen LogP contribution in [0.15, 0.2) is 82.6 Å². The molecule has 1 atom stereocenters. The molecule has 0 aromatic heterocycles. The highest BCUT2D eigenvalue weighted by molar-refractivity contribution is 7.85. The third-order valence-corrected chi connectivity index (χ3v) is 6.21. The second kappa shape index (κ2) is 7.44. The van der Waals surface area contributed by atoms with Gasteiger partial charge in [-0.25, -0.2) is 4.21 Å². The van der Waals surface area contributed by atoms with Crippen molar-refractivity contribution < 1.29 is 13.9 Å². The zero-order chi connectivity index (χ0) is 20.5. The van der Waals surface area contributed by atoms with E-state index in [-0.39, 0.29) is 17.0 Å². The second-order valence-corrected chi connectivity index (χ2v) is 7.94. The fraction of sp³-hybridized carbons (Fsp3) is 0.0455. The number of hydrogen-bond acceptors (Lipinski definition) is 5. The highest BCUT2D eigenvalue weighted by Gasteiger charge is 2.25. The van der Waals surface area contributed by atoms with Crippen LogP contribution in [0.25, 0.3) is 6.08 Å². The molecular formula is C22H16N2O4S. The molecule has 0 spiro atoms. The SMILES string of the molecule is CN1c2ccccc2S(=O)c2cc(/C=C/C(=O)c3cccc([N+](=O)[O-])c3)ccc21. The Kier molecular flexibility index (Phi) is 4.82. The summed E-state index contributed by atoms with van der Waals surface area (Å²) in [6.45, 7) is 0. The van der Waals surface area contributed by atoms with Crippen LogP contribution < -0.4 is 4.90 Å². The number of carbonyl (C=O) groups excluding carboxylic acids is 1. The number of ketones is 1. The minimum atomic E-state index is -1.32. The van der Waals surface area contributed by atoms with Crippen molar-refractivity contribution in [3.05, 3.63) is 94.0 Å². The number of rotatable bonds is 4. The van der Waals surface area contributed by atoms with Crippen molar-refractivity contribution >= 4 is 39.7 Å². The van der Waals surface area contributed by atoms with Gasteiger partial charge in [0.2, 0.25) is 0 Å². The molecule has 0 N–H and O–H groups in total. The molecule has 3 aromatic rings. The van der Waals surface area contributed by atoms with Crippen LogP contribution in [0.4, 0.5) is 17.1 Å². The molecule has 4 rings (SSSR count). The standard InChI is InChI=1S/C22H16N2O4S/c1-23-18-7-2-3-8-21(18)29(28)22-13-15(9-11-19(22)23)10-12-20(25)16-5-4-6-17(14-16)24(26)27/h2-14H,1H3/b12-10+. The Morgan fingerprint density at radius 3 is 2.55 bits per heavy atom. The van der Waals surface area contributed by atoms with Gasteiger partial charge in [0, 0.05) is 24.7 Å². The summed E-state index contributed by atoms with van der Waals surface area (Å²) in [7, 11) is 0.611. The number of hydrogen-bond donors (Lipinski definition) is 0. The van der Waals surface area contributed by atoms with Gasteiger partial charge in [-0.2, -0.15) is 0 Å². The summed E-state index contributed by atoms with van der Waals surface area (Å²) in [6, 6.07) is 18.7. The minimum absolute atomic E-state index is 0.130.